The number of hydrogen-bond acceptors (Lipinski definition) is 9. The third-order valence-corrected chi connectivity index (χ3v) is 5.74. The number of fused-ring (bicyclic) bond motifs is 1. The van der Waals surface area contributed by atoms with Crippen LogP contribution in [0.1, 0.15) is 15.9 Å². The van der Waals surface area contributed by atoms with Crippen LogP contribution in [0.4, 0.5) is 10.5 Å². The van der Waals surface area contributed by atoms with Gasteiger partial charge in [0.2, 0.25) is 6.79 Å². The van der Waals surface area contributed by atoms with E-state index in [1.807, 2.05) is 0 Å². The number of anilines is 1. The number of hydrogen-bond donors (Lipinski definition) is 1. The molecule has 1 N–H and O–H groups in total. The smallest absolute Gasteiger partial charge is 0.343 e. The van der Waals surface area contributed by atoms with Gasteiger partial charge in [-0.1, -0.05) is 18.2 Å². The fourth-order valence-corrected chi connectivity index (χ4v) is 3.90. The molecule has 0 radical (unpaired) electrons. The zero-order valence-electron chi connectivity index (χ0n) is 20.2. The number of para-hydroxylation sites is 2. The van der Waals surface area contributed by atoms with Crippen LogP contribution in [-0.4, -0.2) is 44.8 Å². The standard InChI is InChI=1S/C27H20N2O9/c1-34-19-6-4-3-5-18(19)29-25(31)17(24(30)28-27(29)33)11-15-7-9-21(22(12-15)35-2)38-26(32)16-8-10-20-23(13-16)37-14-36-20/h3-13H,14H2,1-2H3,(H,28,30,33)/b17-11+. The van der Waals surface area contributed by atoms with E-state index in [1.54, 1.807) is 30.3 Å². The van der Waals surface area contributed by atoms with Gasteiger partial charge in [-0.05, 0) is 54.1 Å². The molecule has 4 amide bonds. The Balaban J connectivity index is 1.41. The summed E-state index contributed by atoms with van der Waals surface area (Å²) in [7, 11) is 2.78. The zero-order valence-corrected chi connectivity index (χ0v) is 20.2. The first-order chi connectivity index (χ1) is 18.4. The minimum absolute atomic E-state index is 0.0734. The third-order valence-electron chi connectivity index (χ3n) is 5.74. The Hall–Kier alpha value is -5.32. The van der Waals surface area contributed by atoms with Crippen molar-refractivity contribution in [2.45, 2.75) is 0 Å². The van der Waals surface area contributed by atoms with E-state index in [0.717, 1.165) is 4.90 Å². The molecular formula is C27H20N2O9. The topological polar surface area (TPSA) is 130 Å². The van der Waals surface area contributed by atoms with Gasteiger partial charge >= 0.3 is 12.0 Å². The van der Waals surface area contributed by atoms with E-state index < -0.39 is 23.8 Å². The number of imide groups is 2. The van der Waals surface area contributed by atoms with E-state index in [1.165, 1.54) is 50.6 Å². The lowest BCUT2D eigenvalue weighted by Gasteiger charge is -2.27. The predicted octanol–water partition coefficient (Wildman–Crippen LogP) is 3.32. The van der Waals surface area contributed by atoms with Gasteiger partial charge in [-0.3, -0.25) is 14.9 Å². The van der Waals surface area contributed by atoms with Gasteiger partial charge in [0.05, 0.1) is 25.5 Å². The fourth-order valence-electron chi connectivity index (χ4n) is 3.90. The van der Waals surface area contributed by atoms with Crippen LogP contribution in [0.25, 0.3) is 6.08 Å². The van der Waals surface area contributed by atoms with Gasteiger partial charge in [-0.15, -0.1) is 0 Å². The van der Waals surface area contributed by atoms with Crippen LogP contribution in [0.5, 0.6) is 28.7 Å². The number of rotatable bonds is 6. The number of amides is 4. The second-order valence-electron chi connectivity index (χ2n) is 8.00. The molecule has 192 valence electrons. The normalized spacial score (nSPS) is 15.4. The highest BCUT2D eigenvalue weighted by Gasteiger charge is 2.38. The number of carbonyl (C=O) groups excluding carboxylic acids is 4. The molecule has 11 nitrogen and oxygen atoms in total. The predicted molar refractivity (Wildman–Crippen MR) is 133 cm³/mol. The van der Waals surface area contributed by atoms with Gasteiger partial charge in [0.25, 0.3) is 11.8 Å². The number of nitrogens with zero attached hydrogens (tertiary/aromatic N) is 1. The lowest BCUT2D eigenvalue weighted by molar-refractivity contribution is -0.122. The van der Waals surface area contributed by atoms with E-state index in [0.29, 0.717) is 17.1 Å². The van der Waals surface area contributed by atoms with Crippen molar-refractivity contribution in [1.82, 2.24) is 5.32 Å². The van der Waals surface area contributed by atoms with Crippen molar-refractivity contribution >= 4 is 35.6 Å². The van der Waals surface area contributed by atoms with Gasteiger partial charge in [0.15, 0.2) is 23.0 Å². The maximum Gasteiger partial charge on any atom is 0.343 e. The van der Waals surface area contributed by atoms with Crippen LogP contribution in [0, 0.1) is 0 Å². The fraction of sp³-hybridized carbons (Fsp3) is 0.111. The highest BCUT2D eigenvalue weighted by atomic mass is 16.7. The quantitative estimate of drug-likeness (QED) is 0.227. The molecule has 2 aliphatic rings. The van der Waals surface area contributed by atoms with Crippen molar-refractivity contribution < 1.29 is 42.9 Å². The number of ether oxygens (including phenoxy) is 5. The third kappa shape index (κ3) is 4.48. The van der Waals surface area contributed by atoms with E-state index >= 15 is 0 Å². The van der Waals surface area contributed by atoms with E-state index in [2.05, 4.69) is 5.32 Å². The van der Waals surface area contributed by atoms with Crippen LogP contribution < -0.4 is 33.9 Å². The molecule has 0 saturated carbocycles. The van der Waals surface area contributed by atoms with Crippen molar-refractivity contribution in [3.8, 4) is 28.7 Å². The Morgan fingerprint density at radius 1 is 0.895 bits per heavy atom. The molecule has 0 atom stereocenters. The molecule has 1 fully saturated rings. The number of benzene rings is 3. The molecule has 0 aliphatic carbocycles. The first-order valence-electron chi connectivity index (χ1n) is 11.2. The number of barbiturate groups is 1. The Kier molecular flexibility index (Phi) is 6.40. The second-order valence-corrected chi connectivity index (χ2v) is 8.00. The molecule has 0 aromatic heterocycles. The van der Waals surface area contributed by atoms with Crippen molar-refractivity contribution in [1.29, 1.82) is 0 Å². The first kappa shape index (κ1) is 24.4. The van der Waals surface area contributed by atoms with Crippen molar-refractivity contribution in [3.63, 3.8) is 0 Å². The largest absolute Gasteiger partial charge is 0.495 e. The summed E-state index contributed by atoms with van der Waals surface area (Å²) in [6.45, 7) is 0.0734. The number of nitrogens with one attached hydrogen (secondary N) is 1. The monoisotopic (exact) mass is 516 g/mol. The maximum atomic E-state index is 13.2. The molecular weight excluding hydrogens is 496 g/mol. The van der Waals surface area contributed by atoms with Gasteiger partial charge in [-0.2, -0.15) is 0 Å². The summed E-state index contributed by atoms with van der Waals surface area (Å²) in [4.78, 5) is 51.8. The van der Waals surface area contributed by atoms with Gasteiger partial charge in [0, 0.05) is 0 Å². The van der Waals surface area contributed by atoms with E-state index in [-0.39, 0.29) is 40.9 Å². The zero-order chi connectivity index (χ0) is 26.8. The Morgan fingerprint density at radius 3 is 2.45 bits per heavy atom. The number of urea groups is 1. The molecule has 0 spiro atoms. The SMILES string of the molecule is COc1cc(/C=C2\C(=O)NC(=O)N(c3ccccc3OC)C2=O)ccc1OC(=O)c1ccc2c(c1)OCO2. The summed E-state index contributed by atoms with van der Waals surface area (Å²) in [5, 5.41) is 2.17. The van der Waals surface area contributed by atoms with Gasteiger partial charge in [0.1, 0.15) is 11.3 Å². The average molecular weight is 516 g/mol. The Bertz CT molecular complexity index is 1510. The van der Waals surface area contributed by atoms with Gasteiger partial charge < -0.3 is 23.7 Å². The average Bonchev–Trinajstić information content (AvgIpc) is 3.40. The Morgan fingerprint density at radius 2 is 1.66 bits per heavy atom. The molecule has 3 aromatic carbocycles. The highest BCUT2D eigenvalue weighted by molar-refractivity contribution is 6.39. The molecule has 3 aromatic rings. The summed E-state index contributed by atoms with van der Waals surface area (Å²) >= 11 is 0. The molecule has 2 aliphatic heterocycles. The van der Waals surface area contributed by atoms with Crippen molar-refractivity contribution in [2.24, 2.45) is 0 Å². The molecule has 0 bridgehead atoms. The Labute approximate surface area is 216 Å². The molecule has 0 unspecified atom stereocenters. The summed E-state index contributed by atoms with van der Waals surface area (Å²) < 4.78 is 26.6. The van der Waals surface area contributed by atoms with Crippen molar-refractivity contribution in [2.75, 3.05) is 25.9 Å². The molecule has 5 rings (SSSR count). The number of methoxy groups -OCH3 is 2. The minimum Gasteiger partial charge on any atom is -0.495 e. The molecule has 1 saturated heterocycles. The molecule has 2 heterocycles. The summed E-state index contributed by atoms with van der Waals surface area (Å²) in [5.41, 5.74) is 0.521. The van der Waals surface area contributed by atoms with Crippen LogP contribution in [-0.2, 0) is 9.59 Å². The highest BCUT2D eigenvalue weighted by Crippen LogP contribution is 2.35. The first-order valence-corrected chi connectivity index (χ1v) is 11.2. The number of esters is 1. The summed E-state index contributed by atoms with van der Waals surface area (Å²) in [6.07, 6.45) is 1.30. The van der Waals surface area contributed by atoms with E-state index in [4.69, 9.17) is 23.7 Å². The molecule has 38 heavy (non-hydrogen) atoms. The second kappa shape index (κ2) is 9.97. The van der Waals surface area contributed by atoms with Gasteiger partial charge in [-0.25, -0.2) is 14.5 Å². The number of carbonyl (C=O) groups is 4. The minimum atomic E-state index is -0.898. The maximum absolute atomic E-state index is 13.2. The summed E-state index contributed by atoms with van der Waals surface area (Å²) in [6, 6.07) is 14.7. The van der Waals surface area contributed by atoms with Crippen LogP contribution in [0.2, 0.25) is 0 Å². The van der Waals surface area contributed by atoms with Crippen molar-refractivity contribution in [3.05, 3.63) is 77.4 Å². The van der Waals surface area contributed by atoms with E-state index in [9.17, 15) is 19.2 Å². The van der Waals surface area contributed by atoms with Crippen LogP contribution in [0.15, 0.2) is 66.2 Å². The lowest BCUT2D eigenvalue weighted by Crippen LogP contribution is -2.54. The lowest BCUT2D eigenvalue weighted by atomic mass is 10.1. The van der Waals surface area contributed by atoms with Crippen LogP contribution in [0.3, 0.4) is 0 Å². The molecule has 11 heteroatoms. The van der Waals surface area contributed by atoms with Crippen LogP contribution >= 0.6 is 0 Å². The summed E-state index contributed by atoms with van der Waals surface area (Å²) in [5.74, 6) is -0.810.